The Kier molecular flexibility index (Phi) is 6.85. The van der Waals surface area contributed by atoms with Crippen LogP contribution in [0.25, 0.3) is 6.08 Å². The van der Waals surface area contributed by atoms with Crippen LogP contribution in [0.3, 0.4) is 0 Å². The maximum Gasteiger partial charge on any atom is 0.283 e. The molecule has 0 unspecified atom stereocenters. The highest BCUT2D eigenvalue weighted by atomic mass is 32.2. The first-order valence-electron chi connectivity index (χ1n) is 10.5. The lowest BCUT2D eigenvalue weighted by molar-refractivity contribution is -0.114. The number of ether oxygens (including phenoxy) is 2. The smallest absolute Gasteiger partial charge is 0.283 e. The Balaban J connectivity index is 1.63. The van der Waals surface area contributed by atoms with Crippen LogP contribution in [0.5, 0.6) is 11.5 Å². The number of hydrogen-bond acceptors (Lipinski definition) is 8. The fourth-order valence-corrected chi connectivity index (χ4v) is 5.20. The highest BCUT2D eigenvalue weighted by molar-refractivity contribution is 8.16. The summed E-state index contributed by atoms with van der Waals surface area (Å²) in [4.78, 5) is 17.6. The van der Waals surface area contributed by atoms with Crippen LogP contribution >= 0.6 is 11.9 Å². The molecule has 2 aliphatic heterocycles. The van der Waals surface area contributed by atoms with E-state index in [2.05, 4.69) is 9.39 Å². The molecule has 0 spiro atoms. The van der Waals surface area contributed by atoms with Gasteiger partial charge in [-0.1, -0.05) is 43.3 Å². The number of nitrogens with one attached hydrogen (secondary N) is 1. The second-order valence-electron chi connectivity index (χ2n) is 7.22. The lowest BCUT2D eigenvalue weighted by Crippen LogP contribution is -2.45. The molecule has 9 nitrogen and oxygen atoms in total. The number of benzene rings is 2. The van der Waals surface area contributed by atoms with Gasteiger partial charge in [0, 0.05) is 0 Å². The van der Waals surface area contributed by atoms with Crippen molar-refractivity contribution < 1.29 is 22.7 Å². The van der Waals surface area contributed by atoms with Gasteiger partial charge in [-0.15, -0.1) is 0 Å². The molecule has 2 heterocycles. The van der Waals surface area contributed by atoms with Gasteiger partial charge < -0.3 is 9.47 Å². The quantitative estimate of drug-likeness (QED) is 0.456. The van der Waals surface area contributed by atoms with Crippen molar-refractivity contribution in [3.05, 3.63) is 65.2 Å². The molecule has 0 fully saturated rings. The number of hydrogen-bond donors (Lipinski definition) is 1. The number of carbonyl (C=O) groups excluding carboxylic acids is 1. The predicted octanol–water partition coefficient (Wildman–Crippen LogP) is 3.68. The van der Waals surface area contributed by atoms with E-state index in [1.165, 1.54) is 13.0 Å². The van der Waals surface area contributed by atoms with Crippen LogP contribution in [0.4, 0.5) is 0 Å². The summed E-state index contributed by atoms with van der Waals surface area (Å²) in [5, 5.41) is 8.28. The topological polar surface area (TPSA) is 121 Å². The molecule has 34 heavy (non-hydrogen) atoms. The van der Waals surface area contributed by atoms with E-state index in [9.17, 15) is 13.2 Å². The Morgan fingerprint density at radius 1 is 1.09 bits per heavy atom. The van der Waals surface area contributed by atoms with E-state index in [-0.39, 0.29) is 27.5 Å². The zero-order valence-electron chi connectivity index (χ0n) is 18.5. The summed E-state index contributed by atoms with van der Waals surface area (Å²) < 4.78 is 40.4. The lowest BCUT2D eigenvalue weighted by Gasteiger charge is -2.24. The molecule has 4 rings (SSSR count). The van der Waals surface area contributed by atoms with Crippen molar-refractivity contribution in [2.75, 3.05) is 12.4 Å². The number of nitrogens with zero attached hydrogens (tertiary/aromatic N) is 3. The molecule has 0 saturated carbocycles. The summed E-state index contributed by atoms with van der Waals surface area (Å²) in [6, 6.07) is 14.9. The maximum atomic E-state index is 12.6. The van der Waals surface area contributed by atoms with Crippen LogP contribution in [0.1, 0.15) is 25.0 Å². The SMILES string of the molecule is CCOc1cc(/C=C2/C(=N)N3C(=NC2=O)SN=C3S(=O)(=O)CC)ccc1OCc1ccccc1. The molecule has 1 amide bonds. The number of rotatable bonds is 7. The van der Waals surface area contributed by atoms with Crippen molar-refractivity contribution in [1.82, 2.24) is 4.90 Å². The summed E-state index contributed by atoms with van der Waals surface area (Å²) in [5.74, 6) is -0.0926. The molecule has 0 atom stereocenters. The summed E-state index contributed by atoms with van der Waals surface area (Å²) >= 11 is 0.766. The van der Waals surface area contributed by atoms with E-state index in [1.807, 2.05) is 37.3 Å². The minimum atomic E-state index is -3.71. The van der Waals surface area contributed by atoms with Crippen LogP contribution in [0.15, 0.2) is 63.5 Å². The minimum absolute atomic E-state index is 0.0503. The van der Waals surface area contributed by atoms with Crippen molar-refractivity contribution in [3.8, 4) is 11.5 Å². The summed E-state index contributed by atoms with van der Waals surface area (Å²) in [7, 11) is -3.71. The number of aliphatic imine (C=N–C) groups is 1. The van der Waals surface area contributed by atoms with Gasteiger partial charge in [-0.3, -0.25) is 10.2 Å². The lowest BCUT2D eigenvalue weighted by atomic mass is 10.1. The Labute approximate surface area is 201 Å². The molecule has 0 aliphatic carbocycles. The van der Waals surface area contributed by atoms with E-state index >= 15 is 0 Å². The van der Waals surface area contributed by atoms with E-state index < -0.39 is 15.7 Å². The zero-order valence-corrected chi connectivity index (χ0v) is 20.1. The molecule has 1 N–H and O–H groups in total. The molecule has 2 aromatic rings. The first-order valence-corrected chi connectivity index (χ1v) is 12.9. The molecule has 0 aromatic heterocycles. The molecule has 2 aliphatic rings. The number of amides is 1. The summed E-state index contributed by atoms with van der Waals surface area (Å²) in [6.45, 7) is 4.11. The third kappa shape index (κ3) is 4.75. The summed E-state index contributed by atoms with van der Waals surface area (Å²) in [6.07, 6.45) is 1.48. The molecule has 0 bridgehead atoms. The van der Waals surface area contributed by atoms with Gasteiger partial charge in [0.1, 0.15) is 12.4 Å². The molecular formula is C23H22N4O5S2. The second kappa shape index (κ2) is 9.82. The van der Waals surface area contributed by atoms with Gasteiger partial charge in [0.15, 0.2) is 11.5 Å². The van der Waals surface area contributed by atoms with Crippen LogP contribution in [0.2, 0.25) is 0 Å². The fraction of sp³-hybridized carbons (Fsp3) is 0.217. The van der Waals surface area contributed by atoms with Gasteiger partial charge in [-0.05, 0) is 36.3 Å². The van der Waals surface area contributed by atoms with Gasteiger partial charge in [0.05, 0.1) is 29.9 Å². The third-order valence-electron chi connectivity index (χ3n) is 4.97. The molecule has 2 aromatic carbocycles. The fourth-order valence-electron chi connectivity index (χ4n) is 3.23. The average molecular weight is 499 g/mol. The van der Waals surface area contributed by atoms with Gasteiger partial charge >= 0.3 is 0 Å². The van der Waals surface area contributed by atoms with Gasteiger partial charge in [-0.25, -0.2) is 13.3 Å². The van der Waals surface area contributed by atoms with Crippen molar-refractivity contribution >= 4 is 49.9 Å². The van der Waals surface area contributed by atoms with Crippen LogP contribution < -0.4 is 9.47 Å². The number of fused-ring (bicyclic) bond motifs is 1. The van der Waals surface area contributed by atoms with E-state index in [4.69, 9.17) is 14.9 Å². The van der Waals surface area contributed by atoms with E-state index in [1.54, 1.807) is 18.2 Å². The first-order chi connectivity index (χ1) is 16.3. The Hall–Kier alpha value is -3.44. The van der Waals surface area contributed by atoms with E-state index in [0.717, 1.165) is 22.4 Å². The van der Waals surface area contributed by atoms with Gasteiger partial charge in [0.2, 0.25) is 20.2 Å². The van der Waals surface area contributed by atoms with Crippen molar-refractivity contribution in [2.24, 2.45) is 9.39 Å². The predicted molar refractivity (Wildman–Crippen MR) is 133 cm³/mol. The van der Waals surface area contributed by atoms with E-state index in [0.29, 0.717) is 30.3 Å². The number of sulfone groups is 1. The van der Waals surface area contributed by atoms with Gasteiger partial charge in [0.25, 0.3) is 5.91 Å². The van der Waals surface area contributed by atoms with Crippen LogP contribution in [0, 0.1) is 5.41 Å². The molecule has 11 heteroatoms. The minimum Gasteiger partial charge on any atom is -0.490 e. The second-order valence-corrected chi connectivity index (χ2v) is 10.1. The van der Waals surface area contributed by atoms with Crippen molar-refractivity contribution in [3.63, 3.8) is 0 Å². The molecule has 176 valence electrons. The highest BCUT2D eigenvalue weighted by Crippen LogP contribution is 2.33. The highest BCUT2D eigenvalue weighted by Gasteiger charge is 2.42. The third-order valence-corrected chi connectivity index (χ3v) is 7.38. The molecule has 0 radical (unpaired) electrons. The Morgan fingerprint density at radius 2 is 1.85 bits per heavy atom. The number of carbonyl (C=O) groups is 1. The van der Waals surface area contributed by atoms with Crippen LogP contribution in [-0.2, 0) is 21.2 Å². The number of amidine groups is 3. The zero-order chi connectivity index (χ0) is 24.3. The standard InChI is InChI=1S/C23H22N4O5S2/c1-3-31-19-13-16(10-11-18(19)32-14-15-8-6-5-7-9-15)12-17-20(24)27-22(25-21(17)28)33-26-23(27)34(29,30)4-2/h5-13,24H,3-4,14H2,1-2H3/b17-12-,24-20?. The monoisotopic (exact) mass is 498 g/mol. The van der Waals surface area contributed by atoms with Crippen molar-refractivity contribution in [1.29, 1.82) is 5.41 Å². The first kappa shape index (κ1) is 23.7. The maximum absolute atomic E-state index is 12.6. The van der Waals surface area contributed by atoms with Crippen molar-refractivity contribution in [2.45, 2.75) is 20.5 Å². The Morgan fingerprint density at radius 3 is 2.56 bits per heavy atom. The summed E-state index contributed by atoms with van der Waals surface area (Å²) in [5.41, 5.74) is 1.53. The average Bonchev–Trinajstić information content (AvgIpc) is 3.27. The normalized spacial score (nSPS) is 16.9. The largest absolute Gasteiger partial charge is 0.490 e. The molecular weight excluding hydrogens is 476 g/mol. The Bertz CT molecular complexity index is 1330. The van der Waals surface area contributed by atoms with Gasteiger partial charge in [-0.2, -0.15) is 9.39 Å². The molecule has 0 saturated heterocycles. The van der Waals surface area contributed by atoms with Crippen LogP contribution in [-0.4, -0.2) is 47.8 Å².